The Morgan fingerprint density at radius 2 is 1.65 bits per heavy atom. The number of aromatic nitrogens is 1. The molecule has 0 bridgehead atoms. The number of carbonyl (C=O) groups is 1. The maximum Gasteiger partial charge on any atom is 0.165 e. The number of carbonyl (C=O) groups excluding carboxylic acids is 1. The van der Waals surface area contributed by atoms with Gasteiger partial charge in [0.2, 0.25) is 0 Å². The Balaban J connectivity index is 0.00000243. The van der Waals surface area contributed by atoms with E-state index in [0.717, 1.165) is 55.2 Å². The number of para-hydroxylation sites is 1. The zero-order valence-electron chi connectivity index (χ0n) is 15.0. The van der Waals surface area contributed by atoms with Crippen LogP contribution >= 0.6 is 12.4 Å². The standard InChI is InChI=1S/C22H26N2O.ClH/c25-22(20-17-24-21-12-7-6-11-19(20)21)13-5-2-8-15-23-16-14-18-9-3-1-4-10-18;/h1,3-4,6-7,9-12,17,23-24H,2,5,8,13-16H2;1H. The number of hydrogen-bond acceptors (Lipinski definition) is 2. The molecule has 26 heavy (non-hydrogen) atoms. The smallest absolute Gasteiger partial charge is 0.165 e. The molecule has 3 aromatic rings. The maximum absolute atomic E-state index is 12.4. The summed E-state index contributed by atoms with van der Waals surface area (Å²) in [6, 6.07) is 18.5. The van der Waals surface area contributed by atoms with Gasteiger partial charge in [0.25, 0.3) is 0 Å². The number of benzene rings is 2. The number of rotatable bonds is 10. The predicted molar refractivity (Wildman–Crippen MR) is 111 cm³/mol. The van der Waals surface area contributed by atoms with Crippen molar-refractivity contribution in [2.45, 2.75) is 32.1 Å². The molecule has 2 aromatic carbocycles. The van der Waals surface area contributed by atoms with Crippen molar-refractivity contribution in [3.8, 4) is 0 Å². The Morgan fingerprint density at radius 1 is 0.885 bits per heavy atom. The highest BCUT2D eigenvalue weighted by Crippen LogP contribution is 2.20. The van der Waals surface area contributed by atoms with Crippen molar-refractivity contribution in [3.63, 3.8) is 0 Å². The second-order valence-electron chi connectivity index (χ2n) is 6.47. The number of fused-ring (bicyclic) bond motifs is 1. The van der Waals surface area contributed by atoms with Gasteiger partial charge in [-0.25, -0.2) is 0 Å². The number of aromatic amines is 1. The van der Waals surface area contributed by atoms with Gasteiger partial charge in [0.15, 0.2) is 5.78 Å². The molecular formula is C22H27ClN2O. The van der Waals surface area contributed by atoms with Crippen LogP contribution in [0.1, 0.15) is 41.6 Å². The Morgan fingerprint density at radius 3 is 2.50 bits per heavy atom. The van der Waals surface area contributed by atoms with Crippen LogP contribution in [0.25, 0.3) is 10.9 Å². The molecule has 0 aliphatic heterocycles. The molecule has 0 fully saturated rings. The van der Waals surface area contributed by atoms with E-state index < -0.39 is 0 Å². The first-order chi connectivity index (χ1) is 12.3. The van der Waals surface area contributed by atoms with Gasteiger partial charge in [-0.2, -0.15) is 0 Å². The number of H-pyrrole nitrogens is 1. The molecule has 0 atom stereocenters. The van der Waals surface area contributed by atoms with Crippen molar-refractivity contribution in [2.24, 2.45) is 0 Å². The summed E-state index contributed by atoms with van der Waals surface area (Å²) in [5, 5.41) is 4.52. The summed E-state index contributed by atoms with van der Waals surface area (Å²) in [6.45, 7) is 2.03. The summed E-state index contributed by atoms with van der Waals surface area (Å²) in [5.74, 6) is 0.245. The van der Waals surface area contributed by atoms with Gasteiger partial charge < -0.3 is 10.3 Å². The van der Waals surface area contributed by atoms with E-state index in [0.29, 0.717) is 6.42 Å². The van der Waals surface area contributed by atoms with Crippen molar-refractivity contribution in [1.29, 1.82) is 0 Å². The topological polar surface area (TPSA) is 44.9 Å². The molecule has 3 nitrogen and oxygen atoms in total. The van der Waals surface area contributed by atoms with Gasteiger partial charge in [0.1, 0.15) is 0 Å². The molecule has 0 amide bonds. The fourth-order valence-corrected chi connectivity index (χ4v) is 3.15. The van der Waals surface area contributed by atoms with Gasteiger partial charge in [0.05, 0.1) is 0 Å². The summed E-state index contributed by atoms with van der Waals surface area (Å²) in [6.07, 6.45) is 6.71. The van der Waals surface area contributed by atoms with E-state index in [9.17, 15) is 4.79 Å². The number of halogens is 1. The van der Waals surface area contributed by atoms with Crippen LogP contribution in [0.3, 0.4) is 0 Å². The third-order valence-corrected chi connectivity index (χ3v) is 4.58. The molecule has 0 unspecified atom stereocenters. The van der Waals surface area contributed by atoms with Crippen LogP contribution < -0.4 is 5.32 Å². The van der Waals surface area contributed by atoms with Crippen molar-refractivity contribution < 1.29 is 4.79 Å². The maximum atomic E-state index is 12.4. The number of nitrogens with one attached hydrogen (secondary N) is 2. The van der Waals surface area contributed by atoms with Gasteiger partial charge in [-0.15, -0.1) is 12.4 Å². The van der Waals surface area contributed by atoms with E-state index >= 15 is 0 Å². The molecule has 0 spiro atoms. The first-order valence-electron chi connectivity index (χ1n) is 9.18. The van der Waals surface area contributed by atoms with Crippen LogP contribution in [0.15, 0.2) is 60.8 Å². The Bertz CT molecular complexity index is 798. The second kappa shape index (κ2) is 10.8. The number of hydrogen-bond donors (Lipinski definition) is 2. The molecule has 0 aliphatic carbocycles. The average molecular weight is 371 g/mol. The molecule has 3 rings (SSSR count). The molecule has 0 saturated carbocycles. The highest BCUT2D eigenvalue weighted by Gasteiger charge is 2.10. The van der Waals surface area contributed by atoms with E-state index in [-0.39, 0.29) is 18.2 Å². The van der Waals surface area contributed by atoms with Gasteiger partial charge >= 0.3 is 0 Å². The molecule has 4 heteroatoms. The third-order valence-electron chi connectivity index (χ3n) is 4.58. The minimum absolute atomic E-state index is 0. The summed E-state index contributed by atoms with van der Waals surface area (Å²) in [4.78, 5) is 15.6. The zero-order valence-corrected chi connectivity index (χ0v) is 15.9. The molecule has 2 N–H and O–H groups in total. The monoisotopic (exact) mass is 370 g/mol. The lowest BCUT2D eigenvalue weighted by molar-refractivity contribution is 0.0981. The normalized spacial score (nSPS) is 10.6. The van der Waals surface area contributed by atoms with Gasteiger partial charge in [0, 0.05) is 29.1 Å². The summed E-state index contributed by atoms with van der Waals surface area (Å²) >= 11 is 0. The van der Waals surface area contributed by atoms with Crippen LogP contribution in [-0.4, -0.2) is 23.9 Å². The molecule has 0 radical (unpaired) electrons. The highest BCUT2D eigenvalue weighted by atomic mass is 35.5. The fraction of sp³-hybridized carbons (Fsp3) is 0.318. The van der Waals surface area contributed by atoms with Crippen LogP contribution in [0.2, 0.25) is 0 Å². The third kappa shape index (κ3) is 5.72. The minimum atomic E-state index is 0. The quantitative estimate of drug-likeness (QED) is 0.382. The lowest BCUT2D eigenvalue weighted by Gasteiger charge is -2.05. The molecule has 1 heterocycles. The summed E-state index contributed by atoms with van der Waals surface area (Å²) < 4.78 is 0. The zero-order chi connectivity index (χ0) is 17.3. The Hall–Kier alpha value is -2.10. The van der Waals surface area contributed by atoms with Crippen molar-refractivity contribution in [1.82, 2.24) is 10.3 Å². The SMILES string of the molecule is Cl.O=C(CCCCCNCCc1ccccc1)c1c[nH]c2ccccc12. The average Bonchev–Trinajstić information content (AvgIpc) is 3.09. The Labute approximate surface area is 161 Å². The Kier molecular flexibility index (Phi) is 8.39. The van der Waals surface area contributed by atoms with Crippen LogP contribution in [0.4, 0.5) is 0 Å². The first-order valence-corrected chi connectivity index (χ1v) is 9.18. The van der Waals surface area contributed by atoms with E-state index in [1.54, 1.807) is 0 Å². The fourth-order valence-electron chi connectivity index (χ4n) is 3.15. The minimum Gasteiger partial charge on any atom is -0.360 e. The molecule has 1 aromatic heterocycles. The van der Waals surface area contributed by atoms with Crippen molar-refractivity contribution >= 4 is 29.1 Å². The predicted octanol–water partition coefficient (Wildman–Crippen LogP) is 5.17. The van der Waals surface area contributed by atoms with E-state index in [2.05, 4.69) is 40.6 Å². The molecule has 0 aliphatic rings. The van der Waals surface area contributed by atoms with Crippen LogP contribution in [0, 0.1) is 0 Å². The number of ketones is 1. The number of unbranched alkanes of at least 4 members (excludes halogenated alkanes) is 2. The van der Waals surface area contributed by atoms with E-state index in [1.165, 1.54) is 5.56 Å². The van der Waals surface area contributed by atoms with E-state index in [1.807, 2.05) is 30.5 Å². The van der Waals surface area contributed by atoms with Crippen LogP contribution in [-0.2, 0) is 6.42 Å². The van der Waals surface area contributed by atoms with Crippen molar-refractivity contribution in [2.75, 3.05) is 13.1 Å². The van der Waals surface area contributed by atoms with E-state index in [4.69, 9.17) is 0 Å². The summed E-state index contributed by atoms with van der Waals surface area (Å²) in [5.41, 5.74) is 3.24. The summed E-state index contributed by atoms with van der Waals surface area (Å²) in [7, 11) is 0. The molecule has 0 saturated heterocycles. The lowest BCUT2D eigenvalue weighted by Crippen LogP contribution is -2.18. The van der Waals surface area contributed by atoms with Crippen molar-refractivity contribution in [3.05, 3.63) is 71.9 Å². The van der Waals surface area contributed by atoms with Gasteiger partial charge in [-0.1, -0.05) is 55.0 Å². The largest absolute Gasteiger partial charge is 0.360 e. The first kappa shape index (κ1) is 20.2. The number of Topliss-reactive ketones (excluding diaryl/α,β-unsaturated/α-hetero) is 1. The second-order valence-corrected chi connectivity index (χ2v) is 6.47. The van der Waals surface area contributed by atoms with Gasteiger partial charge in [-0.3, -0.25) is 4.79 Å². The highest BCUT2D eigenvalue weighted by molar-refractivity contribution is 6.07. The molecule has 138 valence electrons. The van der Waals surface area contributed by atoms with Gasteiger partial charge in [-0.05, 0) is 44.0 Å². The lowest BCUT2D eigenvalue weighted by atomic mass is 10.0. The van der Waals surface area contributed by atoms with Crippen LogP contribution in [0.5, 0.6) is 0 Å². The molecular weight excluding hydrogens is 344 g/mol.